The highest BCUT2D eigenvalue weighted by Crippen LogP contribution is 2.38. The Kier molecular flexibility index (Phi) is 11.9. The summed E-state index contributed by atoms with van der Waals surface area (Å²) in [6.45, 7) is -3.94. The van der Waals surface area contributed by atoms with Crippen molar-refractivity contribution in [2.45, 2.75) is 70.4 Å². The molecule has 0 amide bonds. The lowest BCUT2D eigenvalue weighted by atomic mass is 10.1. The average molecular weight is 616 g/mol. The zero-order valence-corrected chi connectivity index (χ0v) is 20.2. The van der Waals surface area contributed by atoms with Crippen LogP contribution in [0.1, 0.15) is 37.1 Å². The summed E-state index contributed by atoms with van der Waals surface area (Å²) in [6, 6.07) is 0. The number of nitro groups is 2. The zero-order chi connectivity index (χ0) is 31.8. The highest BCUT2D eigenvalue weighted by atomic mass is 19.4. The van der Waals surface area contributed by atoms with Gasteiger partial charge in [-0.25, -0.2) is 8.78 Å². The van der Waals surface area contributed by atoms with Crippen LogP contribution < -0.4 is 0 Å². The average Bonchev–Trinajstić information content (AvgIpc) is 3.44. The van der Waals surface area contributed by atoms with Crippen LogP contribution in [0.25, 0.3) is 0 Å². The number of carbonyl (C=O) groups excluding carboxylic acids is 2. The Labute approximate surface area is 221 Å². The number of nitrogens with zero attached hydrogens (tertiary/aromatic N) is 6. The van der Waals surface area contributed by atoms with E-state index in [1.165, 1.54) is 0 Å². The molecule has 2 heterocycles. The smallest absolute Gasteiger partial charge is 0.358 e. The Hall–Kier alpha value is -4.14. The van der Waals surface area contributed by atoms with Gasteiger partial charge in [0.05, 0.1) is 19.5 Å². The predicted molar refractivity (Wildman–Crippen MR) is 113 cm³/mol. The SMILES string of the molecule is O=C(CCC(F)(F)C(F)(F)F)Cn1cnc([N+](=O)[O-])c1CF.O=C(CCC(F)(F)F)Cn1cnc([N+](=O)[O-])c1CF. The molecule has 2 rings (SSSR count). The van der Waals surface area contributed by atoms with Gasteiger partial charge in [0.25, 0.3) is 0 Å². The first kappa shape index (κ1) is 34.9. The first-order valence-electron chi connectivity index (χ1n) is 10.8. The number of hydrogen-bond acceptors (Lipinski definition) is 8. The van der Waals surface area contributed by atoms with Gasteiger partial charge in [0.15, 0.2) is 23.0 Å². The normalized spacial score (nSPS) is 12.0. The molecule has 0 fully saturated rings. The van der Waals surface area contributed by atoms with E-state index in [1.807, 2.05) is 0 Å². The Morgan fingerprint density at radius 2 is 1.10 bits per heavy atom. The van der Waals surface area contributed by atoms with E-state index >= 15 is 0 Å². The molecule has 0 radical (unpaired) electrons. The molecule has 0 spiro atoms. The van der Waals surface area contributed by atoms with Crippen LogP contribution in [0.2, 0.25) is 0 Å². The van der Waals surface area contributed by atoms with Crippen LogP contribution in [0, 0.1) is 20.2 Å². The van der Waals surface area contributed by atoms with Gasteiger partial charge in [-0.1, -0.05) is 0 Å². The molecule has 0 saturated heterocycles. The molecule has 2 aromatic heterocycles. The van der Waals surface area contributed by atoms with Crippen LogP contribution in [0.4, 0.5) is 55.5 Å². The molecule has 41 heavy (non-hydrogen) atoms. The van der Waals surface area contributed by atoms with E-state index in [9.17, 15) is 73.7 Å². The number of hydrogen-bond donors (Lipinski definition) is 0. The van der Waals surface area contributed by atoms with E-state index in [0.717, 1.165) is 17.2 Å². The first-order valence-corrected chi connectivity index (χ1v) is 10.8. The van der Waals surface area contributed by atoms with Crippen molar-refractivity contribution < 1.29 is 63.3 Å². The highest BCUT2D eigenvalue weighted by Gasteiger charge is 2.56. The highest BCUT2D eigenvalue weighted by molar-refractivity contribution is 5.78. The van der Waals surface area contributed by atoms with Gasteiger partial charge in [0.1, 0.15) is 13.3 Å². The van der Waals surface area contributed by atoms with Crippen molar-refractivity contribution in [2.24, 2.45) is 0 Å². The van der Waals surface area contributed by atoms with Crippen molar-refractivity contribution >= 4 is 23.2 Å². The molecule has 0 atom stereocenters. The lowest BCUT2D eigenvalue weighted by molar-refractivity contribution is -0.390. The first-order chi connectivity index (χ1) is 18.7. The van der Waals surface area contributed by atoms with Crippen LogP contribution in [-0.2, 0) is 36.0 Å². The molecular formula is C19H18F10N6O6. The molecule has 22 heteroatoms. The number of carbonyl (C=O) groups is 2. The standard InChI is InChI=1S/C10H9F6N3O3.C9H9F4N3O3/c11-3-7-8(19(21)22)17-5-18(7)4-6(20)1-2-9(12,13)10(14,15)16;10-3-7-8(16(18)19)14-5-15(7)4-6(17)1-2-9(11,12)13/h5H,1-4H2;5H,1-4H2. The van der Waals surface area contributed by atoms with Gasteiger partial charge in [-0.2, -0.15) is 35.1 Å². The molecule has 0 bridgehead atoms. The number of halogens is 10. The Morgan fingerprint density at radius 3 is 1.39 bits per heavy atom. The van der Waals surface area contributed by atoms with Crippen molar-refractivity contribution in [2.75, 3.05) is 0 Å². The van der Waals surface area contributed by atoms with Crippen LogP contribution in [0.15, 0.2) is 12.7 Å². The lowest BCUT2D eigenvalue weighted by Gasteiger charge is -2.18. The molecule has 0 saturated carbocycles. The van der Waals surface area contributed by atoms with E-state index in [0.29, 0.717) is 4.57 Å². The Balaban J connectivity index is 0.000000414. The molecule has 0 N–H and O–H groups in total. The van der Waals surface area contributed by atoms with Crippen LogP contribution in [0.3, 0.4) is 0 Å². The molecule has 2 aromatic rings. The van der Waals surface area contributed by atoms with E-state index in [2.05, 4.69) is 9.97 Å². The van der Waals surface area contributed by atoms with E-state index in [1.54, 1.807) is 0 Å². The quantitative estimate of drug-likeness (QED) is 0.173. The van der Waals surface area contributed by atoms with E-state index < -0.39 is 115 Å². The summed E-state index contributed by atoms with van der Waals surface area (Å²) in [5.41, 5.74) is -1.01. The van der Waals surface area contributed by atoms with Gasteiger partial charge in [-0.3, -0.25) is 18.7 Å². The van der Waals surface area contributed by atoms with Crippen LogP contribution >= 0.6 is 0 Å². The number of alkyl halides is 10. The molecular weight excluding hydrogens is 598 g/mol. The predicted octanol–water partition coefficient (Wildman–Crippen LogP) is 4.98. The third-order valence-electron chi connectivity index (χ3n) is 4.96. The summed E-state index contributed by atoms with van der Waals surface area (Å²) in [7, 11) is 0. The number of Topliss-reactive ketones (excluding diaryl/α,β-unsaturated/α-hetero) is 2. The Morgan fingerprint density at radius 1 is 0.732 bits per heavy atom. The fraction of sp³-hybridized carbons (Fsp3) is 0.579. The topological polar surface area (TPSA) is 156 Å². The van der Waals surface area contributed by atoms with Crippen molar-refractivity contribution in [3.63, 3.8) is 0 Å². The van der Waals surface area contributed by atoms with Gasteiger partial charge in [0, 0.05) is 19.3 Å². The third kappa shape index (κ3) is 10.4. The van der Waals surface area contributed by atoms with E-state index in [4.69, 9.17) is 0 Å². The van der Waals surface area contributed by atoms with Crippen LogP contribution in [-0.4, -0.2) is 58.8 Å². The summed E-state index contributed by atoms with van der Waals surface area (Å²) < 4.78 is 124. The van der Waals surface area contributed by atoms with Crippen LogP contribution in [0.5, 0.6) is 0 Å². The minimum Gasteiger partial charge on any atom is -0.358 e. The van der Waals surface area contributed by atoms with Crippen molar-refractivity contribution in [3.05, 3.63) is 44.3 Å². The minimum atomic E-state index is -5.77. The molecule has 230 valence electrons. The van der Waals surface area contributed by atoms with Crippen molar-refractivity contribution in [3.8, 4) is 0 Å². The molecule has 0 aliphatic carbocycles. The largest absolute Gasteiger partial charge is 0.453 e. The van der Waals surface area contributed by atoms with Gasteiger partial charge < -0.3 is 20.2 Å². The van der Waals surface area contributed by atoms with Crippen molar-refractivity contribution in [1.82, 2.24) is 19.1 Å². The maximum Gasteiger partial charge on any atom is 0.453 e. The number of rotatable bonds is 13. The second-order valence-corrected chi connectivity index (χ2v) is 7.96. The van der Waals surface area contributed by atoms with Crippen molar-refractivity contribution in [1.29, 1.82) is 0 Å². The van der Waals surface area contributed by atoms with Gasteiger partial charge in [-0.05, 0) is 19.8 Å². The molecule has 12 nitrogen and oxygen atoms in total. The molecule has 0 aliphatic rings. The van der Waals surface area contributed by atoms with Gasteiger partial charge in [-0.15, -0.1) is 0 Å². The molecule has 0 unspecified atom stereocenters. The number of ketones is 2. The number of imidazole rings is 2. The fourth-order valence-electron chi connectivity index (χ4n) is 2.90. The maximum absolute atomic E-state index is 12.7. The second kappa shape index (κ2) is 14.0. The lowest BCUT2D eigenvalue weighted by Crippen LogP contribution is -2.36. The maximum atomic E-state index is 12.7. The van der Waals surface area contributed by atoms with Gasteiger partial charge >= 0.3 is 29.9 Å². The second-order valence-electron chi connectivity index (χ2n) is 7.96. The zero-order valence-electron chi connectivity index (χ0n) is 20.2. The Bertz CT molecular complexity index is 1240. The summed E-state index contributed by atoms with van der Waals surface area (Å²) in [4.78, 5) is 48.2. The van der Waals surface area contributed by atoms with E-state index in [-0.39, 0.29) is 0 Å². The molecule has 0 aromatic carbocycles. The fourth-order valence-corrected chi connectivity index (χ4v) is 2.90. The van der Waals surface area contributed by atoms with Gasteiger partial charge in [0.2, 0.25) is 12.7 Å². The number of aromatic nitrogens is 4. The summed E-state index contributed by atoms with van der Waals surface area (Å²) >= 11 is 0. The third-order valence-corrected chi connectivity index (χ3v) is 4.96. The summed E-state index contributed by atoms with van der Waals surface area (Å²) in [5.74, 6) is -8.49. The molecule has 0 aliphatic heterocycles. The monoisotopic (exact) mass is 616 g/mol. The summed E-state index contributed by atoms with van der Waals surface area (Å²) in [5, 5.41) is 21.0. The minimum absolute atomic E-state index is 0.439. The summed E-state index contributed by atoms with van der Waals surface area (Å²) in [6.07, 6.45) is -13.5.